The largest absolute Gasteiger partial charge is 0.416 e. The number of methoxy groups -OCH3 is 1. The van der Waals surface area contributed by atoms with Gasteiger partial charge in [-0.15, -0.1) is 0 Å². The van der Waals surface area contributed by atoms with Gasteiger partial charge < -0.3 is 14.8 Å². The van der Waals surface area contributed by atoms with Crippen LogP contribution in [0.4, 0.5) is 23.2 Å². The van der Waals surface area contributed by atoms with E-state index in [1.54, 1.807) is 7.11 Å². The normalized spacial score (nSPS) is 11.7. The van der Waals surface area contributed by atoms with Crippen LogP contribution in [0.25, 0.3) is 0 Å². The summed E-state index contributed by atoms with van der Waals surface area (Å²) < 4.78 is 60.5. The summed E-state index contributed by atoms with van der Waals surface area (Å²) in [6.07, 6.45) is -3.92. The van der Waals surface area contributed by atoms with Crippen LogP contribution in [0.3, 0.4) is 0 Å². The van der Waals surface area contributed by atoms with Crippen LogP contribution in [-0.2, 0) is 15.7 Å². The highest BCUT2D eigenvalue weighted by Gasteiger charge is 2.31. The van der Waals surface area contributed by atoms with Crippen molar-refractivity contribution in [3.63, 3.8) is 0 Å². The van der Waals surface area contributed by atoms with Crippen molar-refractivity contribution in [1.82, 2.24) is 0 Å². The molecule has 0 saturated carbocycles. The van der Waals surface area contributed by atoms with Crippen LogP contribution in [0, 0.1) is 5.82 Å². The zero-order valence-electron chi connectivity index (χ0n) is 11.1. The molecule has 0 aromatic heterocycles. The number of nitrogens with one attached hydrogen (secondary N) is 1. The molecule has 0 aliphatic carbocycles. The second-order valence-corrected chi connectivity index (χ2v) is 4.08. The first-order valence-electron chi connectivity index (χ1n) is 6.12. The van der Waals surface area contributed by atoms with E-state index in [2.05, 4.69) is 5.32 Å². The molecule has 0 aliphatic rings. The monoisotopic (exact) mass is 295 g/mol. The molecule has 0 aliphatic heterocycles. The van der Waals surface area contributed by atoms with Crippen molar-refractivity contribution in [2.45, 2.75) is 12.6 Å². The van der Waals surface area contributed by atoms with Gasteiger partial charge in [0, 0.05) is 20.3 Å². The summed E-state index contributed by atoms with van der Waals surface area (Å²) in [5.41, 5.74) is -0.946. The van der Waals surface area contributed by atoms with Gasteiger partial charge in [0.15, 0.2) is 0 Å². The second kappa shape index (κ2) is 8.06. The Bertz CT molecular complexity index is 410. The zero-order valence-corrected chi connectivity index (χ0v) is 11.1. The van der Waals surface area contributed by atoms with Crippen molar-refractivity contribution in [1.29, 1.82) is 0 Å². The topological polar surface area (TPSA) is 30.5 Å². The summed E-state index contributed by atoms with van der Waals surface area (Å²) in [6, 6.07) is 2.42. The lowest BCUT2D eigenvalue weighted by Crippen LogP contribution is -2.10. The molecule has 0 saturated heterocycles. The molecule has 7 heteroatoms. The molecule has 0 radical (unpaired) electrons. The van der Waals surface area contributed by atoms with Crippen molar-refractivity contribution in [3.05, 3.63) is 29.6 Å². The Kier molecular flexibility index (Phi) is 6.74. The van der Waals surface area contributed by atoms with E-state index in [0.717, 1.165) is 12.1 Å². The molecular weight excluding hydrogens is 278 g/mol. The maximum absolute atomic E-state index is 13.4. The van der Waals surface area contributed by atoms with E-state index in [0.29, 0.717) is 38.9 Å². The highest BCUT2D eigenvalue weighted by Crippen LogP contribution is 2.31. The van der Waals surface area contributed by atoms with Crippen LogP contribution in [0.1, 0.15) is 12.0 Å². The number of halogens is 4. The Balaban J connectivity index is 2.34. The van der Waals surface area contributed by atoms with Gasteiger partial charge in [-0.25, -0.2) is 4.39 Å². The second-order valence-electron chi connectivity index (χ2n) is 4.08. The van der Waals surface area contributed by atoms with Crippen molar-refractivity contribution >= 4 is 5.69 Å². The van der Waals surface area contributed by atoms with E-state index >= 15 is 0 Å². The lowest BCUT2D eigenvalue weighted by atomic mass is 10.2. The lowest BCUT2D eigenvalue weighted by Gasteiger charge is -2.11. The van der Waals surface area contributed by atoms with Crippen LogP contribution < -0.4 is 5.32 Å². The molecule has 0 heterocycles. The van der Waals surface area contributed by atoms with Gasteiger partial charge >= 0.3 is 6.18 Å². The number of anilines is 1. The molecule has 0 amide bonds. The third-order valence-electron chi connectivity index (χ3n) is 2.51. The van der Waals surface area contributed by atoms with Crippen molar-refractivity contribution in [2.75, 3.05) is 38.8 Å². The lowest BCUT2D eigenvalue weighted by molar-refractivity contribution is -0.137. The molecular formula is C13H17F4NO2. The number of rotatable bonds is 8. The van der Waals surface area contributed by atoms with Gasteiger partial charge in [-0.2, -0.15) is 13.2 Å². The Morgan fingerprint density at radius 2 is 1.90 bits per heavy atom. The standard InChI is InChI=1S/C13H17F4NO2/c1-19-7-8-20-6-2-5-18-12-4-3-10(9-11(12)14)13(15,16)17/h3-4,9,18H,2,5-8H2,1H3. The molecule has 1 aromatic rings. The van der Waals surface area contributed by atoms with Crippen LogP contribution >= 0.6 is 0 Å². The summed E-state index contributed by atoms with van der Waals surface area (Å²) in [6.45, 7) is 1.86. The van der Waals surface area contributed by atoms with Crippen LogP contribution in [0.15, 0.2) is 18.2 Å². The average Bonchev–Trinajstić information content (AvgIpc) is 2.38. The van der Waals surface area contributed by atoms with E-state index in [1.807, 2.05) is 0 Å². The van der Waals surface area contributed by atoms with Crippen molar-refractivity contribution < 1.29 is 27.0 Å². The molecule has 1 aromatic carbocycles. The van der Waals surface area contributed by atoms with E-state index in [9.17, 15) is 17.6 Å². The SMILES string of the molecule is COCCOCCCNc1ccc(C(F)(F)F)cc1F. The average molecular weight is 295 g/mol. The molecule has 0 bridgehead atoms. The van der Waals surface area contributed by atoms with Gasteiger partial charge in [0.25, 0.3) is 0 Å². The maximum Gasteiger partial charge on any atom is 0.416 e. The quantitative estimate of drug-likeness (QED) is 0.589. The molecule has 1 rings (SSSR count). The molecule has 3 nitrogen and oxygen atoms in total. The van der Waals surface area contributed by atoms with Gasteiger partial charge in [0.2, 0.25) is 0 Å². The van der Waals surface area contributed by atoms with Crippen molar-refractivity contribution in [2.24, 2.45) is 0 Å². The molecule has 0 fully saturated rings. The Hall–Kier alpha value is -1.34. The highest BCUT2D eigenvalue weighted by atomic mass is 19.4. The number of alkyl halides is 3. The van der Waals surface area contributed by atoms with E-state index in [4.69, 9.17) is 9.47 Å². The molecule has 0 atom stereocenters. The van der Waals surface area contributed by atoms with Gasteiger partial charge in [-0.3, -0.25) is 0 Å². The molecule has 20 heavy (non-hydrogen) atoms. The number of benzene rings is 1. The van der Waals surface area contributed by atoms with Gasteiger partial charge in [-0.05, 0) is 24.6 Å². The number of hydrogen-bond acceptors (Lipinski definition) is 3. The Morgan fingerprint density at radius 3 is 2.50 bits per heavy atom. The number of ether oxygens (including phenoxy) is 2. The predicted molar refractivity (Wildman–Crippen MR) is 67.2 cm³/mol. The fraction of sp³-hybridized carbons (Fsp3) is 0.538. The third kappa shape index (κ3) is 5.75. The summed E-state index contributed by atoms with van der Waals surface area (Å²) >= 11 is 0. The van der Waals surface area contributed by atoms with E-state index in [1.165, 1.54) is 0 Å². The summed E-state index contributed by atoms with van der Waals surface area (Å²) in [4.78, 5) is 0. The minimum Gasteiger partial charge on any atom is -0.383 e. The summed E-state index contributed by atoms with van der Waals surface area (Å²) in [5, 5.41) is 2.73. The van der Waals surface area contributed by atoms with Crippen LogP contribution in [0.2, 0.25) is 0 Å². The molecule has 0 unspecified atom stereocenters. The smallest absolute Gasteiger partial charge is 0.383 e. The fourth-order valence-electron chi connectivity index (χ4n) is 1.48. The fourth-order valence-corrected chi connectivity index (χ4v) is 1.48. The first kappa shape index (κ1) is 16.7. The van der Waals surface area contributed by atoms with Gasteiger partial charge in [-0.1, -0.05) is 0 Å². The Morgan fingerprint density at radius 1 is 1.15 bits per heavy atom. The van der Waals surface area contributed by atoms with Crippen LogP contribution in [0.5, 0.6) is 0 Å². The van der Waals surface area contributed by atoms with Gasteiger partial charge in [0.05, 0.1) is 24.5 Å². The van der Waals surface area contributed by atoms with Crippen molar-refractivity contribution in [3.8, 4) is 0 Å². The number of hydrogen-bond donors (Lipinski definition) is 1. The molecule has 1 N–H and O–H groups in total. The predicted octanol–water partition coefficient (Wildman–Crippen LogP) is 3.31. The van der Waals surface area contributed by atoms with Crippen LogP contribution in [-0.4, -0.2) is 33.5 Å². The first-order chi connectivity index (χ1) is 9.45. The third-order valence-corrected chi connectivity index (χ3v) is 2.51. The van der Waals surface area contributed by atoms with E-state index < -0.39 is 17.6 Å². The molecule has 114 valence electrons. The van der Waals surface area contributed by atoms with E-state index in [-0.39, 0.29) is 5.69 Å². The maximum atomic E-state index is 13.4. The highest BCUT2D eigenvalue weighted by molar-refractivity contribution is 5.46. The Labute approximate surface area is 114 Å². The molecule has 0 spiro atoms. The summed E-state index contributed by atoms with van der Waals surface area (Å²) in [7, 11) is 1.57. The first-order valence-corrected chi connectivity index (χ1v) is 6.12. The summed E-state index contributed by atoms with van der Waals surface area (Å²) in [5.74, 6) is -0.917. The zero-order chi connectivity index (χ0) is 15.0. The minimum absolute atomic E-state index is 0.0508. The van der Waals surface area contributed by atoms with Gasteiger partial charge in [0.1, 0.15) is 5.82 Å². The minimum atomic E-state index is -4.53.